The van der Waals surface area contributed by atoms with Gasteiger partial charge in [0, 0.05) is 59.9 Å². The fourth-order valence-corrected chi connectivity index (χ4v) is 6.46. The van der Waals surface area contributed by atoms with Gasteiger partial charge in [0.15, 0.2) is 5.82 Å². The summed E-state index contributed by atoms with van der Waals surface area (Å²) in [4.78, 5) is 42.4. The van der Waals surface area contributed by atoms with Crippen molar-refractivity contribution in [3.05, 3.63) is 66.6 Å². The summed E-state index contributed by atoms with van der Waals surface area (Å²) in [5.41, 5.74) is 3.88. The second-order valence-corrected chi connectivity index (χ2v) is 13.3. The van der Waals surface area contributed by atoms with Crippen molar-refractivity contribution in [2.24, 2.45) is 5.41 Å². The van der Waals surface area contributed by atoms with Crippen LogP contribution in [-0.4, -0.2) is 78.7 Å². The van der Waals surface area contributed by atoms with Gasteiger partial charge in [-0.15, -0.1) is 0 Å². The van der Waals surface area contributed by atoms with Crippen molar-refractivity contribution in [3.8, 4) is 11.4 Å². The van der Waals surface area contributed by atoms with E-state index in [-0.39, 0.29) is 17.4 Å². The number of aromatic amines is 2. The van der Waals surface area contributed by atoms with E-state index in [2.05, 4.69) is 25.5 Å². The van der Waals surface area contributed by atoms with Gasteiger partial charge in [0.25, 0.3) is 5.91 Å². The van der Waals surface area contributed by atoms with E-state index in [1.807, 2.05) is 79.1 Å². The number of carbonyl (C=O) groups is 2. The molecule has 0 radical (unpaired) electrons. The second kappa shape index (κ2) is 11.2. The Labute approximate surface area is 261 Å². The maximum atomic E-state index is 13.5. The standard InChI is InChI=1S/C34H38N8O3/c1-33(2,3)45-32(44)42-16-11-34(12-17-42)9-14-41(15-10-34)31(43)28-19-22-4-5-23(20-27(22)38-28)30-35-13-8-29(39-30)37-25-6-7-26-24(18-25)21-36-40-26/h4-8,13,18-21,38H,9-12,14-17H2,1-3H3,(H,36,40)(H,35,37,39). The number of nitrogens with zero attached hydrogens (tertiary/aromatic N) is 5. The highest BCUT2D eigenvalue weighted by atomic mass is 16.6. The molecule has 0 aliphatic carbocycles. The summed E-state index contributed by atoms with van der Waals surface area (Å²) >= 11 is 0. The van der Waals surface area contributed by atoms with Gasteiger partial charge < -0.3 is 24.8 Å². The van der Waals surface area contributed by atoms with Crippen molar-refractivity contribution in [2.45, 2.75) is 52.1 Å². The number of H-pyrrole nitrogens is 2. The highest BCUT2D eigenvalue weighted by Crippen LogP contribution is 2.42. The van der Waals surface area contributed by atoms with E-state index in [0.29, 0.717) is 43.5 Å². The monoisotopic (exact) mass is 606 g/mol. The van der Waals surface area contributed by atoms with E-state index in [1.165, 1.54) is 0 Å². The van der Waals surface area contributed by atoms with Gasteiger partial charge in [0.2, 0.25) is 0 Å². The quantitative estimate of drug-likeness (QED) is 0.213. The van der Waals surface area contributed by atoms with Crippen molar-refractivity contribution < 1.29 is 14.3 Å². The van der Waals surface area contributed by atoms with Crippen molar-refractivity contribution in [3.63, 3.8) is 0 Å². The molecule has 2 aromatic carbocycles. The average Bonchev–Trinajstić information content (AvgIpc) is 3.67. The zero-order valence-electron chi connectivity index (χ0n) is 25.9. The lowest BCUT2D eigenvalue weighted by molar-refractivity contribution is -0.00119. The van der Waals surface area contributed by atoms with Crippen LogP contribution in [0.1, 0.15) is 56.9 Å². The number of piperidine rings is 2. The van der Waals surface area contributed by atoms with Crippen molar-refractivity contribution >= 4 is 45.3 Å². The van der Waals surface area contributed by atoms with Gasteiger partial charge in [-0.25, -0.2) is 14.8 Å². The Bertz CT molecular complexity index is 1870. The molecule has 0 saturated carbocycles. The molecule has 3 aromatic heterocycles. The third kappa shape index (κ3) is 6.07. The van der Waals surface area contributed by atoms with Crippen LogP contribution in [0.15, 0.2) is 60.9 Å². The molecule has 2 aliphatic heterocycles. The van der Waals surface area contributed by atoms with Crippen LogP contribution in [0.3, 0.4) is 0 Å². The predicted octanol–water partition coefficient (Wildman–Crippen LogP) is 6.50. The zero-order chi connectivity index (χ0) is 31.2. The van der Waals surface area contributed by atoms with E-state index < -0.39 is 5.60 Å². The molecule has 0 atom stereocenters. The van der Waals surface area contributed by atoms with E-state index in [4.69, 9.17) is 9.72 Å². The molecule has 7 rings (SSSR count). The van der Waals surface area contributed by atoms with Gasteiger partial charge >= 0.3 is 6.09 Å². The minimum atomic E-state index is -0.490. The molecule has 2 saturated heterocycles. The molecule has 2 amide bonds. The van der Waals surface area contributed by atoms with E-state index >= 15 is 0 Å². The molecular weight excluding hydrogens is 568 g/mol. The first-order chi connectivity index (χ1) is 21.6. The van der Waals surface area contributed by atoms with Crippen LogP contribution >= 0.6 is 0 Å². The third-order valence-corrected chi connectivity index (χ3v) is 9.07. The first kappa shape index (κ1) is 28.8. The van der Waals surface area contributed by atoms with Crippen molar-refractivity contribution in [1.29, 1.82) is 0 Å². The topological polar surface area (TPSA) is 132 Å². The van der Waals surface area contributed by atoms with Crippen LogP contribution in [0, 0.1) is 5.41 Å². The summed E-state index contributed by atoms with van der Waals surface area (Å²) in [6.07, 6.45) is 7.08. The molecule has 5 aromatic rings. The molecule has 11 nitrogen and oxygen atoms in total. The Hall–Kier alpha value is -4.93. The first-order valence-corrected chi connectivity index (χ1v) is 15.6. The van der Waals surface area contributed by atoms with Crippen LogP contribution in [0.4, 0.5) is 16.3 Å². The lowest BCUT2D eigenvalue weighted by atomic mass is 9.71. The van der Waals surface area contributed by atoms with Crippen LogP contribution in [0.25, 0.3) is 33.2 Å². The first-order valence-electron chi connectivity index (χ1n) is 15.6. The molecule has 0 bridgehead atoms. The highest BCUT2D eigenvalue weighted by molar-refractivity contribution is 5.98. The Morgan fingerprint density at radius 2 is 1.64 bits per heavy atom. The molecule has 3 N–H and O–H groups in total. The number of anilines is 2. The Morgan fingerprint density at radius 1 is 0.889 bits per heavy atom. The van der Waals surface area contributed by atoms with Gasteiger partial charge in [-0.3, -0.25) is 9.89 Å². The fraction of sp³-hybridized carbons (Fsp3) is 0.382. The number of fused-ring (bicyclic) bond motifs is 2. The lowest BCUT2D eigenvalue weighted by Crippen LogP contribution is -2.50. The van der Waals surface area contributed by atoms with E-state index in [9.17, 15) is 9.59 Å². The molecule has 2 aliphatic rings. The minimum Gasteiger partial charge on any atom is -0.444 e. The molecule has 232 valence electrons. The summed E-state index contributed by atoms with van der Waals surface area (Å²) in [5.74, 6) is 1.29. The Balaban J connectivity index is 0.991. The van der Waals surface area contributed by atoms with Crippen LogP contribution in [-0.2, 0) is 4.74 Å². The number of aromatic nitrogens is 5. The molecule has 45 heavy (non-hydrogen) atoms. The predicted molar refractivity (Wildman–Crippen MR) is 173 cm³/mol. The van der Waals surface area contributed by atoms with Crippen LogP contribution in [0.2, 0.25) is 0 Å². The fourth-order valence-electron chi connectivity index (χ4n) is 6.46. The number of amides is 2. The Morgan fingerprint density at radius 3 is 2.40 bits per heavy atom. The number of rotatable bonds is 4. The second-order valence-electron chi connectivity index (χ2n) is 13.3. The van der Waals surface area contributed by atoms with Gasteiger partial charge in [-0.05, 0) is 88.3 Å². The SMILES string of the molecule is CC(C)(C)OC(=O)N1CCC2(CC1)CCN(C(=O)c1cc3ccc(-c4nccc(Nc5ccc6[nH]ncc6c5)n4)cc3[nH]1)CC2. The normalized spacial score (nSPS) is 16.8. The number of benzene rings is 2. The minimum absolute atomic E-state index is 0.0193. The van der Waals surface area contributed by atoms with E-state index in [1.54, 1.807) is 12.4 Å². The number of hydrogen-bond acceptors (Lipinski definition) is 7. The third-order valence-electron chi connectivity index (χ3n) is 9.07. The number of likely N-dealkylation sites (tertiary alicyclic amines) is 2. The Kier molecular flexibility index (Phi) is 7.18. The average molecular weight is 607 g/mol. The van der Waals surface area contributed by atoms with Gasteiger partial charge in [-0.2, -0.15) is 5.10 Å². The van der Waals surface area contributed by atoms with Gasteiger partial charge in [0.1, 0.15) is 17.1 Å². The van der Waals surface area contributed by atoms with Crippen LogP contribution in [0.5, 0.6) is 0 Å². The van der Waals surface area contributed by atoms with Crippen LogP contribution < -0.4 is 5.32 Å². The summed E-state index contributed by atoms with van der Waals surface area (Å²) in [7, 11) is 0. The molecular formula is C34H38N8O3. The molecule has 5 heterocycles. The van der Waals surface area contributed by atoms with Gasteiger partial charge in [0.05, 0.1) is 11.7 Å². The van der Waals surface area contributed by atoms with E-state index in [0.717, 1.165) is 58.7 Å². The highest BCUT2D eigenvalue weighted by Gasteiger charge is 2.40. The summed E-state index contributed by atoms with van der Waals surface area (Å²) in [6.45, 7) is 8.53. The molecule has 2 fully saturated rings. The van der Waals surface area contributed by atoms with Crippen molar-refractivity contribution in [2.75, 3.05) is 31.5 Å². The largest absolute Gasteiger partial charge is 0.444 e. The number of ether oxygens (including phenoxy) is 1. The summed E-state index contributed by atoms with van der Waals surface area (Å²) < 4.78 is 5.56. The summed E-state index contributed by atoms with van der Waals surface area (Å²) in [5, 5.41) is 12.4. The zero-order valence-corrected chi connectivity index (χ0v) is 25.9. The maximum Gasteiger partial charge on any atom is 0.410 e. The number of nitrogens with one attached hydrogen (secondary N) is 3. The molecule has 11 heteroatoms. The van der Waals surface area contributed by atoms with Crippen molar-refractivity contribution in [1.82, 2.24) is 34.9 Å². The number of carbonyl (C=O) groups excluding carboxylic acids is 2. The number of hydrogen-bond donors (Lipinski definition) is 3. The maximum absolute atomic E-state index is 13.5. The van der Waals surface area contributed by atoms with Gasteiger partial charge in [-0.1, -0.05) is 12.1 Å². The summed E-state index contributed by atoms with van der Waals surface area (Å²) in [6, 6.07) is 15.7. The molecule has 1 spiro atoms. The lowest BCUT2D eigenvalue weighted by Gasteiger charge is -2.46. The molecule has 0 unspecified atom stereocenters. The smallest absolute Gasteiger partial charge is 0.410 e.